The smallest absolute Gasteiger partial charge is 0.416 e. The highest BCUT2D eigenvalue weighted by Crippen LogP contribution is 2.36. The van der Waals surface area contributed by atoms with E-state index in [1.165, 1.54) is 18.3 Å². The summed E-state index contributed by atoms with van der Waals surface area (Å²) in [7, 11) is 0. The Morgan fingerprint density at radius 2 is 2.03 bits per heavy atom. The first kappa shape index (κ1) is 23.5. The molecular weight excluding hydrogens is 477 g/mol. The highest BCUT2D eigenvalue weighted by molar-refractivity contribution is 6.08. The van der Waals surface area contributed by atoms with Gasteiger partial charge in [-0.15, -0.1) is 0 Å². The van der Waals surface area contributed by atoms with E-state index in [1.807, 2.05) is 0 Å². The van der Waals surface area contributed by atoms with Crippen molar-refractivity contribution in [1.82, 2.24) is 9.97 Å². The third kappa shape index (κ3) is 4.91. The van der Waals surface area contributed by atoms with Gasteiger partial charge in [-0.25, -0.2) is 4.98 Å². The molecule has 5 rings (SSSR count). The molecule has 0 aliphatic carbocycles. The Balaban J connectivity index is 1.42. The molecule has 11 heteroatoms. The first-order valence-corrected chi connectivity index (χ1v) is 11.1. The fourth-order valence-corrected chi connectivity index (χ4v) is 3.97. The molecule has 8 nitrogen and oxygen atoms in total. The predicted molar refractivity (Wildman–Crippen MR) is 127 cm³/mol. The first-order chi connectivity index (χ1) is 17.3. The number of fused-ring (bicyclic) bond motifs is 1. The van der Waals surface area contributed by atoms with Crippen molar-refractivity contribution in [3.8, 4) is 11.6 Å². The van der Waals surface area contributed by atoms with Crippen LogP contribution in [-0.4, -0.2) is 40.3 Å². The number of halogens is 3. The number of benzene rings is 2. The normalized spacial score (nSPS) is 15.7. The number of nitrogens with one attached hydrogen (secondary N) is 3. The van der Waals surface area contributed by atoms with Crippen LogP contribution in [0, 0.1) is 0 Å². The Morgan fingerprint density at radius 1 is 1.17 bits per heavy atom. The molecule has 4 N–H and O–H groups in total. The van der Waals surface area contributed by atoms with Crippen LogP contribution < -0.4 is 15.4 Å². The van der Waals surface area contributed by atoms with Crippen LogP contribution in [0.4, 0.5) is 30.4 Å². The molecule has 0 radical (unpaired) electrons. The molecule has 4 aromatic rings. The lowest BCUT2D eigenvalue weighted by molar-refractivity contribution is -0.137. The number of hydrogen-bond donors (Lipinski definition) is 4. The Morgan fingerprint density at radius 3 is 2.81 bits per heavy atom. The van der Waals surface area contributed by atoms with E-state index in [1.54, 1.807) is 30.5 Å². The maximum atomic E-state index is 13.5. The summed E-state index contributed by atoms with van der Waals surface area (Å²) in [5, 5.41) is 16.8. The number of hydrogen-bond acceptors (Lipinski definition) is 6. The van der Waals surface area contributed by atoms with Gasteiger partial charge in [-0.05, 0) is 36.4 Å². The van der Waals surface area contributed by atoms with Gasteiger partial charge in [0.25, 0.3) is 5.91 Å². The number of rotatable bonds is 6. The summed E-state index contributed by atoms with van der Waals surface area (Å²) in [6, 6.07) is 11.3. The number of alkyl halides is 3. The van der Waals surface area contributed by atoms with Gasteiger partial charge in [0.05, 0.1) is 24.3 Å². The summed E-state index contributed by atoms with van der Waals surface area (Å²) in [6.07, 6.45) is -1.34. The Bertz CT molecular complexity index is 1410. The standard InChI is InChI=1S/C25H21F3N4O4/c26-25(27,28)14-9-15(11-17(10-14)36-16-6-8-35-13-16)31-24(34)19-4-2-7-29-22(19)32-21-5-1-3-18-20(21)12-30-23(18)33/h1-5,7,9-12,16,30,33H,6,8,13H2,(H,29,32)(H,31,34)/t16-/m1/s1. The van der Waals surface area contributed by atoms with Crippen LogP contribution >= 0.6 is 0 Å². The highest BCUT2D eigenvalue weighted by Gasteiger charge is 2.32. The van der Waals surface area contributed by atoms with Crippen molar-refractivity contribution < 1.29 is 32.5 Å². The van der Waals surface area contributed by atoms with Crippen molar-refractivity contribution >= 4 is 33.9 Å². The minimum absolute atomic E-state index is 0.000580. The zero-order valence-electron chi connectivity index (χ0n) is 18.7. The number of H-pyrrole nitrogens is 1. The molecule has 1 saturated heterocycles. The van der Waals surface area contributed by atoms with Crippen LogP contribution in [0.5, 0.6) is 11.6 Å². The summed E-state index contributed by atoms with van der Waals surface area (Å²) >= 11 is 0. The van der Waals surface area contributed by atoms with Gasteiger partial charge in [-0.3, -0.25) is 4.79 Å². The monoisotopic (exact) mass is 498 g/mol. The average Bonchev–Trinajstić information content (AvgIpc) is 3.49. The predicted octanol–water partition coefficient (Wildman–Crippen LogP) is 5.45. The molecule has 1 aliphatic rings. The van der Waals surface area contributed by atoms with Crippen molar-refractivity contribution in [3.63, 3.8) is 0 Å². The second-order valence-electron chi connectivity index (χ2n) is 8.23. The first-order valence-electron chi connectivity index (χ1n) is 11.1. The molecule has 3 heterocycles. The van der Waals surface area contributed by atoms with E-state index >= 15 is 0 Å². The number of nitrogens with zero attached hydrogens (tertiary/aromatic N) is 1. The molecule has 186 valence electrons. The van der Waals surface area contributed by atoms with E-state index < -0.39 is 17.6 Å². The van der Waals surface area contributed by atoms with Gasteiger partial charge < -0.3 is 30.2 Å². The van der Waals surface area contributed by atoms with Gasteiger partial charge in [0, 0.05) is 47.0 Å². The lowest BCUT2D eigenvalue weighted by Gasteiger charge is -2.17. The van der Waals surface area contributed by atoms with E-state index in [-0.39, 0.29) is 41.4 Å². The van der Waals surface area contributed by atoms with E-state index in [9.17, 15) is 23.1 Å². The van der Waals surface area contributed by atoms with Crippen molar-refractivity contribution in [3.05, 3.63) is 72.1 Å². The Kier molecular flexibility index (Phi) is 6.15. The molecular formula is C25H21F3N4O4. The molecule has 1 aliphatic heterocycles. The quantitative estimate of drug-likeness (QED) is 0.282. The van der Waals surface area contributed by atoms with Crippen molar-refractivity contribution in [2.45, 2.75) is 18.7 Å². The van der Waals surface area contributed by atoms with Crippen LogP contribution in [0.2, 0.25) is 0 Å². The molecule has 0 spiro atoms. The van der Waals surface area contributed by atoms with E-state index in [0.717, 1.165) is 12.1 Å². The van der Waals surface area contributed by atoms with Gasteiger partial charge in [-0.2, -0.15) is 13.2 Å². The summed E-state index contributed by atoms with van der Waals surface area (Å²) in [4.78, 5) is 20.1. The van der Waals surface area contributed by atoms with Crippen LogP contribution in [-0.2, 0) is 10.9 Å². The van der Waals surface area contributed by atoms with Crippen LogP contribution in [0.1, 0.15) is 22.3 Å². The number of aromatic hydroxyl groups is 1. The molecule has 2 aromatic carbocycles. The number of anilines is 3. The molecule has 0 bridgehead atoms. The molecule has 1 fully saturated rings. The largest absolute Gasteiger partial charge is 0.494 e. The highest BCUT2D eigenvalue weighted by atomic mass is 19.4. The summed E-state index contributed by atoms with van der Waals surface area (Å²) in [6.45, 7) is 0.758. The molecule has 0 unspecified atom stereocenters. The molecule has 1 atom stereocenters. The number of carbonyl (C=O) groups is 1. The minimum Gasteiger partial charge on any atom is -0.494 e. The van der Waals surface area contributed by atoms with Crippen molar-refractivity contribution in [2.24, 2.45) is 0 Å². The van der Waals surface area contributed by atoms with Gasteiger partial charge in [0.1, 0.15) is 17.7 Å². The van der Waals surface area contributed by atoms with Crippen LogP contribution in [0.25, 0.3) is 10.8 Å². The third-order valence-electron chi connectivity index (χ3n) is 5.70. The lowest BCUT2D eigenvalue weighted by atomic mass is 10.1. The summed E-state index contributed by atoms with van der Waals surface area (Å²) in [5.74, 6) is -0.489. The van der Waals surface area contributed by atoms with Crippen molar-refractivity contribution in [2.75, 3.05) is 23.8 Å². The van der Waals surface area contributed by atoms with Gasteiger partial charge >= 0.3 is 6.18 Å². The second kappa shape index (κ2) is 9.42. The SMILES string of the molecule is O=C(Nc1cc(O[C@@H]2CCOC2)cc(C(F)(F)F)c1)c1cccnc1Nc1cccc2c(O)[nH]cc12. The maximum Gasteiger partial charge on any atom is 0.416 e. The minimum atomic E-state index is -4.63. The van der Waals surface area contributed by atoms with Crippen LogP contribution in [0.15, 0.2) is 60.9 Å². The number of pyridine rings is 1. The van der Waals surface area contributed by atoms with Gasteiger partial charge in [0.15, 0.2) is 5.88 Å². The Labute approximate surface area is 203 Å². The molecule has 2 aromatic heterocycles. The van der Waals surface area contributed by atoms with E-state index in [4.69, 9.17) is 9.47 Å². The number of aromatic amines is 1. The van der Waals surface area contributed by atoms with E-state index in [0.29, 0.717) is 29.5 Å². The number of ether oxygens (including phenoxy) is 2. The maximum absolute atomic E-state index is 13.5. The molecule has 36 heavy (non-hydrogen) atoms. The van der Waals surface area contributed by atoms with E-state index in [2.05, 4.69) is 20.6 Å². The molecule has 1 amide bonds. The fourth-order valence-electron chi connectivity index (χ4n) is 3.97. The van der Waals surface area contributed by atoms with Crippen LogP contribution in [0.3, 0.4) is 0 Å². The number of carbonyl (C=O) groups excluding carboxylic acids is 1. The third-order valence-corrected chi connectivity index (χ3v) is 5.70. The number of aromatic nitrogens is 2. The Hall–Kier alpha value is -4.25. The summed E-state index contributed by atoms with van der Waals surface area (Å²) < 4.78 is 51.5. The number of amides is 1. The zero-order chi connectivity index (χ0) is 25.3. The van der Waals surface area contributed by atoms with Gasteiger partial charge in [0.2, 0.25) is 0 Å². The lowest BCUT2D eigenvalue weighted by Crippen LogP contribution is -2.18. The summed E-state index contributed by atoms with van der Waals surface area (Å²) in [5.41, 5.74) is -0.336. The fraction of sp³-hybridized carbons (Fsp3) is 0.200. The van der Waals surface area contributed by atoms with Crippen molar-refractivity contribution in [1.29, 1.82) is 0 Å². The zero-order valence-corrected chi connectivity index (χ0v) is 18.7. The average molecular weight is 498 g/mol. The van der Waals surface area contributed by atoms with Gasteiger partial charge in [-0.1, -0.05) is 6.07 Å². The molecule has 0 saturated carbocycles. The topological polar surface area (TPSA) is 108 Å². The second-order valence-corrected chi connectivity index (χ2v) is 8.23.